The highest BCUT2D eigenvalue weighted by Crippen LogP contribution is 2.22. The largest absolute Gasteiger partial charge is 0.337 e. The number of hydrogen-bond acceptors (Lipinski definition) is 4. The van der Waals surface area contributed by atoms with Crippen LogP contribution in [0.3, 0.4) is 0 Å². The van der Waals surface area contributed by atoms with Gasteiger partial charge in [0.15, 0.2) is 0 Å². The molecule has 0 atom stereocenters. The molecule has 7 nitrogen and oxygen atoms in total. The zero-order valence-corrected chi connectivity index (χ0v) is 15.0. The van der Waals surface area contributed by atoms with Crippen molar-refractivity contribution in [3.05, 3.63) is 38.7 Å². The number of hydrogen-bond donors (Lipinski definition) is 0. The highest BCUT2D eigenvalue weighted by atomic mass is 16.2. The Morgan fingerprint density at radius 1 is 1.08 bits per heavy atom. The van der Waals surface area contributed by atoms with Crippen molar-refractivity contribution in [1.29, 1.82) is 0 Å². The summed E-state index contributed by atoms with van der Waals surface area (Å²) in [5.74, 6) is -0.165. The second-order valence-electron chi connectivity index (χ2n) is 6.83. The summed E-state index contributed by atoms with van der Waals surface area (Å²) >= 11 is 0. The molecule has 2 aromatic rings. The maximum Gasteiger partial charge on any atom is 0.332 e. The van der Waals surface area contributed by atoms with Crippen LogP contribution in [0.5, 0.6) is 0 Å². The predicted molar refractivity (Wildman–Crippen MR) is 95.8 cm³/mol. The molecule has 0 bridgehead atoms. The van der Waals surface area contributed by atoms with E-state index in [-0.39, 0.29) is 23.3 Å². The zero-order valence-electron chi connectivity index (χ0n) is 15.0. The molecule has 0 spiro atoms. The quantitative estimate of drug-likeness (QED) is 0.772. The molecule has 0 unspecified atom stereocenters. The van der Waals surface area contributed by atoms with Crippen LogP contribution in [0.15, 0.2) is 21.7 Å². The normalized spacial score (nSPS) is 16.0. The van der Waals surface area contributed by atoms with E-state index >= 15 is 0 Å². The van der Waals surface area contributed by atoms with Crippen molar-refractivity contribution in [3.63, 3.8) is 0 Å². The monoisotopic (exact) mass is 344 g/mol. The lowest BCUT2D eigenvalue weighted by molar-refractivity contribution is 0.0712. The molecule has 0 aromatic carbocycles. The van der Waals surface area contributed by atoms with Gasteiger partial charge in [0.1, 0.15) is 11.3 Å². The fraction of sp³-hybridized carbons (Fsp3) is 0.556. The fourth-order valence-electron chi connectivity index (χ4n) is 3.56. The van der Waals surface area contributed by atoms with E-state index in [2.05, 4.69) is 4.98 Å². The van der Waals surface area contributed by atoms with Gasteiger partial charge in [0.2, 0.25) is 0 Å². The summed E-state index contributed by atoms with van der Waals surface area (Å²) in [7, 11) is 4.80. The van der Waals surface area contributed by atoms with Crippen LogP contribution in [0.2, 0.25) is 0 Å². The highest BCUT2D eigenvalue weighted by Gasteiger charge is 2.23. The van der Waals surface area contributed by atoms with E-state index in [1.165, 1.54) is 24.5 Å². The Balaban J connectivity index is 2.00. The number of aromatic nitrogens is 3. The summed E-state index contributed by atoms with van der Waals surface area (Å²) < 4.78 is 2.35. The van der Waals surface area contributed by atoms with Crippen molar-refractivity contribution < 1.29 is 4.79 Å². The van der Waals surface area contributed by atoms with Gasteiger partial charge >= 0.3 is 5.69 Å². The molecule has 134 valence electrons. The van der Waals surface area contributed by atoms with Gasteiger partial charge in [0.05, 0.1) is 5.39 Å². The maximum absolute atomic E-state index is 12.8. The van der Waals surface area contributed by atoms with E-state index in [4.69, 9.17) is 0 Å². The molecule has 1 fully saturated rings. The van der Waals surface area contributed by atoms with Gasteiger partial charge in [-0.3, -0.25) is 18.7 Å². The fourth-order valence-corrected chi connectivity index (χ4v) is 3.56. The van der Waals surface area contributed by atoms with Crippen LogP contribution in [-0.2, 0) is 14.1 Å². The number of aryl methyl sites for hydroxylation is 1. The van der Waals surface area contributed by atoms with Crippen molar-refractivity contribution >= 4 is 16.9 Å². The van der Waals surface area contributed by atoms with E-state index in [0.717, 1.165) is 30.3 Å². The molecule has 2 aromatic heterocycles. The van der Waals surface area contributed by atoms with Crippen LogP contribution in [0.1, 0.15) is 49.0 Å². The lowest BCUT2D eigenvalue weighted by Gasteiger charge is -2.27. The van der Waals surface area contributed by atoms with Gasteiger partial charge in [-0.1, -0.05) is 25.7 Å². The maximum atomic E-state index is 12.8. The third-order valence-electron chi connectivity index (χ3n) is 5.21. The number of rotatable bonds is 2. The average molecular weight is 344 g/mol. The van der Waals surface area contributed by atoms with E-state index in [9.17, 15) is 14.4 Å². The Hall–Kier alpha value is -2.44. The first-order chi connectivity index (χ1) is 11.9. The SMILES string of the molecule is CN(C(=O)c1ccc2c(=O)n(C)c(=O)n(C)c2n1)C1CCCCCC1. The minimum atomic E-state index is -0.452. The van der Waals surface area contributed by atoms with Gasteiger partial charge in [-0.25, -0.2) is 9.78 Å². The molecule has 0 radical (unpaired) electrons. The number of nitrogens with zero attached hydrogens (tertiary/aromatic N) is 4. The smallest absolute Gasteiger partial charge is 0.332 e. The van der Waals surface area contributed by atoms with Crippen LogP contribution in [0, 0.1) is 0 Å². The van der Waals surface area contributed by atoms with E-state index < -0.39 is 11.2 Å². The molecule has 1 amide bonds. The summed E-state index contributed by atoms with van der Waals surface area (Å²) in [4.78, 5) is 43.2. The molecule has 3 rings (SSSR count). The Morgan fingerprint density at radius 2 is 1.72 bits per heavy atom. The summed E-state index contributed by atoms with van der Waals surface area (Å²) in [6.07, 6.45) is 6.73. The van der Waals surface area contributed by atoms with Gasteiger partial charge in [-0.05, 0) is 25.0 Å². The van der Waals surface area contributed by atoms with Crippen LogP contribution in [-0.4, -0.2) is 38.0 Å². The van der Waals surface area contributed by atoms with E-state index in [0.29, 0.717) is 5.39 Å². The molecule has 0 aliphatic heterocycles. The summed E-state index contributed by atoms with van der Waals surface area (Å²) in [6.45, 7) is 0. The van der Waals surface area contributed by atoms with Crippen molar-refractivity contribution in [2.24, 2.45) is 14.1 Å². The van der Waals surface area contributed by atoms with Gasteiger partial charge in [0, 0.05) is 27.2 Å². The van der Waals surface area contributed by atoms with Crippen molar-refractivity contribution in [2.45, 2.75) is 44.6 Å². The number of amides is 1. The first-order valence-electron chi connectivity index (χ1n) is 8.75. The number of carbonyl (C=O) groups excluding carboxylic acids is 1. The minimum absolute atomic E-state index is 0.165. The van der Waals surface area contributed by atoms with Crippen LogP contribution in [0.4, 0.5) is 0 Å². The molecule has 1 aliphatic carbocycles. The summed E-state index contributed by atoms with van der Waals surface area (Å²) in [5.41, 5.74) is -0.343. The average Bonchev–Trinajstić information content (AvgIpc) is 2.92. The van der Waals surface area contributed by atoms with Gasteiger partial charge in [0.25, 0.3) is 11.5 Å². The topological polar surface area (TPSA) is 77.2 Å². The molecule has 0 N–H and O–H groups in total. The van der Waals surface area contributed by atoms with E-state index in [1.54, 1.807) is 24.1 Å². The predicted octanol–water partition coefficient (Wildman–Crippen LogP) is 1.43. The molecular weight excluding hydrogens is 320 g/mol. The van der Waals surface area contributed by atoms with Crippen LogP contribution >= 0.6 is 0 Å². The second-order valence-corrected chi connectivity index (χ2v) is 6.83. The number of fused-ring (bicyclic) bond motifs is 1. The molecule has 0 saturated heterocycles. The summed E-state index contributed by atoms with van der Waals surface area (Å²) in [5, 5.41) is 0.332. The Labute approximate surface area is 145 Å². The van der Waals surface area contributed by atoms with Gasteiger partial charge < -0.3 is 4.90 Å². The van der Waals surface area contributed by atoms with Crippen molar-refractivity contribution in [3.8, 4) is 0 Å². The lowest BCUT2D eigenvalue weighted by atomic mass is 10.1. The number of pyridine rings is 1. The Kier molecular flexibility index (Phi) is 4.74. The minimum Gasteiger partial charge on any atom is -0.337 e. The third-order valence-corrected chi connectivity index (χ3v) is 5.21. The Morgan fingerprint density at radius 3 is 2.36 bits per heavy atom. The molecule has 25 heavy (non-hydrogen) atoms. The first-order valence-corrected chi connectivity index (χ1v) is 8.75. The third kappa shape index (κ3) is 3.10. The number of carbonyl (C=O) groups is 1. The van der Waals surface area contributed by atoms with Crippen LogP contribution < -0.4 is 11.2 Å². The Bertz CT molecular complexity index is 920. The molecular formula is C18H24N4O3. The van der Waals surface area contributed by atoms with Gasteiger partial charge in [-0.15, -0.1) is 0 Å². The lowest BCUT2D eigenvalue weighted by Crippen LogP contribution is -2.39. The highest BCUT2D eigenvalue weighted by molar-refractivity contribution is 5.94. The molecule has 1 aliphatic rings. The molecule has 1 saturated carbocycles. The molecule has 2 heterocycles. The van der Waals surface area contributed by atoms with Gasteiger partial charge in [-0.2, -0.15) is 0 Å². The van der Waals surface area contributed by atoms with E-state index in [1.807, 2.05) is 7.05 Å². The second kappa shape index (κ2) is 6.82. The zero-order chi connectivity index (χ0) is 18.1. The first kappa shape index (κ1) is 17.4. The molecule has 7 heteroatoms. The van der Waals surface area contributed by atoms with Crippen molar-refractivity contribution in [2.75, 3.05) is 7.05 Å². The van der Waals surface area contributed by atoms with Crippen molar-refractivity contribution in [1.82, 2.24) is 19.0 Å². The standard InChI is InChI=1S/C18H24N4O3/c1-20(12-8-6-4-5-7-9-12)17(24)14-11-10-13-15(19-14)21(2)18(25)22(3)16(13)23/h10-12H,4-9H2,1-3H3. The van der Waals surface area contributed by atoms with Crippen LogP contribution in [0.25, 0.3) is 11.0 Å². The summed E-state index contributed by atoms with van der Waals surface area (Å²) in [6, 6.07) is 3.38.